The summed E-state index contributed by atoms with van der Waals surface area (Å²) in [6, 6.07) is 6.78. The van der Waals surface area contributed by atoms with Crippen molar-refractivity contribution in [2.45, 2.75) is 12.8 Å². The fourth-order valence-corrected chi connectivity index (χ4v) is 3.01. The molecule has 2 aliphatic heterocycles. The van der Waals surface area contributed by atoms with Crippen LogP contribution in [0.2, 0.25) is 0 Å². The molecule has 0 saturated carbocycles. The number of amides is 3. The Bertz CT molecular complexity index is 646. The Hall–Kier alpha value is -2.57. The standard InChI is InChI=1S/C16H19N3O4/c20-14(18-8-5-12(10-18)15(21)22)11-3-1-4-13(9-11)19-7-2-6-17-16(19)23/h1,3-4,9,12H,2,5-8,10H2,(H,17,23)(H,21,22)/t12-/m0/s1. The van der Waals surface area contributed by atoms with E-state index in [2.05, 4.69) is 5.32 Å². The molecular weight excluding hydrogens is 298 g/mol. The second-order valence-corrected chi connectivity index (χ2v) is 5.86. The summed E-state index contributed by atoms with van der Waals surface area (Å²) >= 11 is 0. The molecule has 2 fully saturated rings. The van der Waals surface area contributed by atoms with Crippen LogP contribution in [0.25, 0.3) is 0 Å². The van der Waals surface area contributed by atoms with E-state index in [-0.39, 0.29) is 18.5 Å². The number of benzene rings is 1. The highest BCUT2D eigenvalue weighted by molar-refractivity contribution is 5.98. The maximum Gasteiger partial charge on any atom is 0.321 e. The van der Waals surface area contributed by atoms with E-state index in [0.717, 1.165) is 6.42 Å². The van der Waals surface area contributed by atoms with Crippen molar-refractivity contribution in [3.8, 4) is 0 Å². The fraction of sp³-hybridized carbons (Fsp3) is 0.438. The van der Waals surface area contributed by atoms with Crippen molar-refractivity contribution in [3.05, 3.63) is 29.8 Å². The molecule has 0 spiro atoms. The van der Waals surface area contributed by atoms with E-state index < -0.39 is 11.9 Å². The van der Waals surface area contributed by atoms with Crippen LogP contribution in [0.15, 0.2) is 24.3 Å². The molecule has 23 heavy (non-hydrogen) atoms. The minimum Gasteiger partial charge on any atom is -0.481 e. The molecule has 0 unspecified atom stereocenters. The van der Waals surface area contributed by atoms with Crippen LogP contribution in [0.3, 0.4) is 0 Å². The highest BCUT2D eigenvalue weighted by Crippen LogP contribution is 2.22. The van der Waals surface area contributed by atoms with Gasteiger partial charge in [0.05, 0.1) is 5.92 Å². The Balaban J connectivity index is 1.76. The van der Waals surface area contributed by atoms with Crippen LogP contribution in [-0.4, -0.2) is 54.1 Å². The van der Waals surface area contributed by atoms with Crippen LogP contribution in [-0.2, 0) is 4.79 Å². The number of nitrogens with one attached hydrogen (secondary N) is 1. The molecule has 2 N–H and O–H groups in total. The van der Waals surface area contributed by atoms with Gasteiger partial charge in [-0.1, -0.05) is 6.07 Å². The molecule has 1 atom stereocenters. The van der Waals surface area contributed by atoms with Gasteiger partial charge in [0.15, 0.2) is 0 Å². The molecule has 1 aromatic carbocycles. The van der Waals surface area contributed by atoms with Gasteiger partial charge < -0.3 is 15.3 Å². The van der Waals surface area contributed by atoms with Gasteiger partial charge in [-0.05, 0) is 31.0 Å². The molecule has 1 aromatic rings. The number of carboxylic acid groups (broad SMARTS) is 1. The Morgan fingerprint density at radius 3 is 2.78 bits per heavy atom. The van der Waals surface area contributed by atoms with E-state index in [0.29, 0.717) is 37.3 Å². The lowest BCUT2D eigenvalue weighted by atomic mass is 10.1. The zero-order valence-electron chi connectivity index (χ0n) is 12.7. The monoisotopic (exact) mass is 317 g/mol. The van der Waals surface area contributed by atoms with Gasteiger partial charge in [-0.2, -0.15) is 0 Å². The number of hydrogen-bond acceptors (Lipinski definition) is 3. The third kappa shape index (κ3) is 3.13. The van der Waals surface area contributed by atoms with Crippen molar-refractivity contribution >= 4 is 23.6 Å². The Kier molecular flexibility index (Phi) is 4.18. The molecule has 2 heterocycles. The van der Waals surface area contributed by atoms with Crippen molar-refractivity contribution in [2.24, 2.45) is 5.92 Å². The Morgan fingerprint density at radius 2 is 2.09 bits per heavy atom. The summed E-state index contributed by atoms with van der Waals surface area (Å²) in [4.78, 5) is 38.6. The average molecular weight is 317 g/mol. The number of aliphatic carboxylic acids is 1. The summed E-state index contributed by atoms with van der Waals surface area (Å²) < 4.78 is 0. The second kappa shape index (κ2) is 6.28. The Labute approximate surface area is 133 Å². The number of nitrogens with zero attached hydrogens (tertiary/aromatic N) is 2. The van der Waals surface area contributed by atoms with Gasteiger partial charge in [-0.3, -0.25) is 14.5 Å². The molecule has 122 valence electrons. The first-order valence-electron chi connectivity index (χ1n) is 7.74. The molecule has 0 aliphatic carbocycles. The minimum atomic E-state index is -0.862. The zero-order chi connectivity index (χ0) is 16.4. The van der Waals surface area contributed by atoms with E-state index in [1.54, 1.807) is 34.1 Å². The summed E-state index contributed by atoms with van der Waals surface area (Å²) in [6.45, 7) is 1.97. The molecule has 7 nitrogen and oxygen atoms in total. The molecule has 2 saturated heterocycles. The Morgan fingerprint density at radius 1 is 1.26 bits per heavy atom. The van der Waals surface area contributed by atoms with Gasteiger partial charge in [0, 0.05) is 37.4 Å². The number of likely N-dealkylation sites (tertiary alicyclic amines) is 1. The smallest absolute Gasteiger partial charge is 0.321 e. The molecule has 2 aliphatic rings. The molecular formula is C16H19N3O4. The lowest BCUT2D eigenvalue weighted by Gasteiger charge is -2.28. The number of carbonyl (C=O) groups excluding carboxylic acids is 2. The van der Waals surface area contributed by atoms with Crippen LogP contribution < -0.4 is 10.2 Å². The summed E-state index contributed by atoms with van der Waals surface area (Å²) in [5, 5.41) is 11.8. The maximum atomic E-state index is 12.5. The molecule has 0 bridgehead atoms. The lowest BCUT2D eigenvalue weighted by Crippen LogP contribution is -2.46. The highest BCUT2D eigenvalue weighted by Gasteiger charge is 2.31. The quantitative estimate of drug-likeness (QED) is 0.875. The topological polar surface area (TPSA) is 89.9 Å². The number of carbonyl (C=O) groups is 3. The fourth-order valence-electron chi connectivity index (χ4n) is 3.01. The third-order valence-corrected chi connectivity index (χ3v) is 4.31. The van der Waals surface area contributed by atoms with Gasteiger partial charge in [-0.15, -0.1) is 0 Å². The average Bonchev–Trinajstić information content (AvgIpc) is 3.05. The first-order chi connectivity index (χ1) is 11.1. The van der Waals surface area contributed by atoms with Crippen molar-refractivity contribution < 1.29 is 19.5 Å². The van der Waals surface area contributed by atoms with Crippen molar-refractivity contribution in [3.63, 3.8) is 0 Å². The summed E-state index contributed by atoms with van der Waals surface area (Å²) in [7, 11) is 0. The number of urea groups is 1. The largest absolute Gasteiger partial charge is 0.481 e. The molecule has 0 radical (unpaired) electrons. The summed E-state index contributed by atoms with van der Waals surface area (Å²) in [5.41, 5.74) is 1.16. The number of rotatable bonds is 3. The van der Waals surface area contributed by atoms with E-state index in [9.17, 15) is 14.4 Å². The molecule has 3 rings (SSSR count). The van der Waals surface area contributed by atoms with Gasteiger partial charge in [0.25, 0.3) is 5.91 Å². The van der Waals surface area contributed by atoms with Crippen LogP contribution in [0.1, 0.15) is 23.2 Å². The predicted octanol–water partition coefficient (Wildman–Crippen LogP) is 1.15. The molecule has 7 heteroatoms. The maximum absolute atomic E-state index is 12.5. The van der Waals surface area contributed by atoms with E-state index in [1.807, 2.05) is 0 Å². The first-order valence-corrected chi connectivity index (χ1v) is 7.74. The number of anilines is 1. The number of carboxylic acids is 1. The van der Waals surface area contributed by atoms with Crippen molar-refractivity contribution in [1.29, 1.82) is 0 Å². The zero-order valence-corrected chi connectivity index (χ0v) is 12.7. The minimum absolute atomic E-state index is 0.159. The second-order valence-electron chi connectivity index (χ2n) is 5.86. The number of hydrogen-bond donors (Lipinski definition) is 2. The molecule has 3 amide bonds. The van der Waals surface area contributed by atoms with Crippen molar-refractivity contribution in [2.75, 3.05) is 31.1 Å². The summed E-state index contributed by atoms with van der Waals surface area (Å²) in [5.74, 6) is -1.54. The molecule has 0 aromatic heterocycles. The van der Waals surface area contributed by atoms with Crippen LogP contribution in [0.5, 0.6) is 0 Å². The third-order valence-electron chi connectivity index (χ3n) is 4.31. The van der Waals surface area contributed by atoms with Crippen LogP contribution in [0.4, 0.5) is 10.5 Å². The predicted molar refractivity (Wildman–Crippen MR) is 83.5 cm³/mol. The van der Waals surface area contributed by atoms with Crippen molar-refractivity contribution in [1.82, 2.24) is 10.2 Å². The van der Waals surface area contributed by atoms with E-state index in [4.69, 9.17) is 5.11 Å². The van der Waals surface area contributed by atoms with Gasteiger partial charge in [0.2, 0.25) is 0 Å². The lowest BCUT2D eigenvalue weighted by molar-refractivity contribution is -0.141. The van der Waals surface area contributed by atoms with E-state index in [1.165, 1.54) is 0 Å². The van der Waals surface area contributed by atoms with Gasteiger partial charge in [-0.25, -0.2) is 4.79 Å². The normalized spacial score (nSPS) is 21.2. The van der Waals surface area contributed by atoms with Gasteiger partial charge >= 0.3 is 12.0 Å². The van der Waals surface area contributed by atoms with Gasteiger partial charge in [0.1, 0.15) is 0 Å². The highest BCUT2D eigenvalue weighted by atomic mass is 16.4. The summed E-state index contributed by atoms with van der Waals surface area (Å²) in [6.07, 6.45) is 1.34. The van der Waals surface area contributed by atoms with E-state index >= 15 is 0 Å². The van der Waals surface area contributed by atoms with Crippen LogP contribution in [0, 0.1) is 5.92 Å². The van der Waals surface area contributed by atoms with Crippen LogP contribution >= 0.6 is 0 Å². The first kappa shape index (κ1) is 15.3. The SMILES string of the molecule is O=C(O)[C@H]1CCN(C(=O)c2cccc(N3CCCNC3=O)c2)C1.